The second kappa shape index (κ2) is 8.78. The molecule has 0 aromatic heterocycles. The molecule has 0 saturated carbocycles. The van der Waals surface area contributed by atoms with E-state index in [0.29, 0.717) is 24.8 Å². The van der Waals surface area contributed by atoms with E-state index in [2.05, 4.69) is 9.80 Å². The minimum atomic E-state index is 0.0395. The predicted molar refractivity (Wildman–Crippen MR) is 117 cm³/mol. The smallest absolute Gasteiger partial charge is 0.198 e. The highest BCUT2D eigenvalue weighted by Crippen LogP contribution is 2.45. The zero-order valence-corrected chi connectivity index (χ0v) is 17.6. The molecule has 30 heavy (non-hydrogen) atoms. The van der Waals surface area contributed by atoms with E-state index in [1.54, 1.807) is 0 Å². The molecule has 0 bridgehead atoms. The van der Waals surface area contributed by atoms with Gasteiger partial charge in [0.15, 0.2) is 5.78 Å². The first kappa shape index (κ1) is 19.6. The summed E-state index contributed by atoms with van der Waals surface area (Å²) in [6.45, 7) is 5.41. The molecule has 158 valence electrons. The van der Waals surface area contributed by atoms with Crippen molar-refractivity contribution in [3.8, 4) is 22.6 Å². The van der Waals surface area contributed by atoms with E-state index in [9.17, 15) is 4.79 Å². The molecule has 0 atom stereocenters. The van der Waals surface area contributed by atoms with Gasteiger partial charge in [-0.25, -0.2) is 0 Å². The van der Waals surface area contributed by atoms with Gasteiger partial charge in [0.1, 0.15) is 25.0 Å². The summed E-state index contributed by atoms with van der Waals surface area (Å²) in [7, 11) is 0. The molecule has 0 unspecified atom stereocenters. The van der Waals surface area contributed by atoms with E-state index in [0.717, 1.165) is 48.6 Å². The third kappa shape index (κ3) is 3.84. The van der Waals surface area contributed by atoms with Gasteiger partial charge in [-0.1, -0.05) is 37.1 Å². The number of ether oxygens (including phenoxy) is 2. The molecule has 2 aromatic rings. The van der Waals surface area contributed by atoms with Crippen molar-refractivity contribution in [3.63, 3.8) is 0 Å². The van der Waals surface area contributed by atoms with Gasteiger partial charge in [0.25, 0.3) is 0 Å². The Balaban J connectivity index is 1.38. The average molecular weight is 407 g/mol. The number of hydrogen-bond acceptors (Lipinski definition) is 5. The van der Waals surface area contributed by atoms with Crippen LogP contribution in [0.25, 0.3) is 11.1 Å². The van der Waals surface area contributed by atoms with Crippen molar-refractivity contribution in [3.05, 3.63) is 47.5 Å². The number of carbonyl (C=O) groups is 1. The van der Waals surface area contributed by atoms with Crippen LogP contribution >= 0.6 is 0 Å². The van der Waals surface area contributed by atoms with Gasteiger partial charge in [0.05, 0.1) is 5.56 Å². The van der Waals surface area contributed by atoms with E-state index in [1.807, 2.05) is 36.4 Å². The lowest BCUT2D eigenvalue weighted by Crippen LogP contribution is -2.33. The maximum absolute atomic E-state index is 13.3. The summed E-state index contributed by atoms with van der Waals surface area (Å²) in [4.78, 5) is 17.9. The van der Waals surface area contributed by atoms with Crippen LogP contribution in [0.5, 0.6) is 11.5 Å². The second-order valence-corrected chi connectivity index (χ2v) is 8.59. The van der Waals surface area contributed by atoms with Gasteiger partial charge < -0.3 is 9.47 Å². The Morgan fingerprint density at radius 1 is 0.633 bits per heavy atom. The van der Waals surface area contributed by atoms with Crippen LogP contribution in [0.15, 0.2) is 36.4 Å². The summed E-state index contributed by atoms with van der Waals surface area (Å²) in [6.07, 6.45) is 7.51. The zero-order valence-electron chi connectivity index (χ0n) is 17.6. The summed E-state index contributed by atoms with van der Waals surface area (Å²) in [5.74, 6) is 1.51. The Morgan fingerprint density at radius 2 is 1.13 bits per heavy atom. The van der Waals surface area contributed by atoms with Crippen molar-refractivity contribution in [2.75, 3.05) is 39.6 Å². The van der Waals surface area contributed by atoms with Gasteiger partial charge in [0, 0.05) is 42.9 Å². The van der Waals surface area contributed by atoms with Crippen molar-refractivity contribution in [1.82, 2.24) is 9.80 Å². The Morgan fingerprint density at radius 3 is 1.70 bits per heavy atom. The lowest BCUT2D eigenvalue weighted by atomic mass is 10.0. The van der Waals surface area contributed by atoms with Gasteiger partial charge in [-0.2, -0.15) is 0 Å². The van der Waals surface area contributed by atoms with E-state index in [-0.39, 0.29) is 5.78 Å². The fourth-order valence-electron chi connectivity index (χ4n) is 4.85. The summed E-state index contributed by atoms with van der Waals surface area (Å²) < 4.78 is 12.4. The highest BCUT2D eigenvalue weighted by molar-refractivity contribution is 6.24. The number of likely N-dealkylation sites (tertiary alicyclic amines) is 2. The molecule has 0 N–H and O–H groups in total. The van der Waals surface area contributed by atoms with Crippen LogP contribution in [0.4, 0.5) is 0 Å². The normalized spacial score (nSPS) is 19.4. The summed E-state index contributed by atoms with van der Waals surface area (Å²) in [5, 5.41) is 0. The van der Waals surface area contributed by atoms with Crippen LogP contribution in [0.3, 0.4) is 0 Å². The Kier molecular flexibility index (Phi) is 5.73. The summed E-state index contributed by atoms with van der Waals surface area (Å²) in [5.41, 5.74) is 3.24. The molecule has 2 heterocycles. The van der Waals surface area contributed by atoms with Gasteiger partial charge in [-0.3, -0.25) is 14.6 Å². The molecular formula is C25H30N2O3. The van der Waals surface area contributed by atoms with Gasteiger partial charge >= 0.3 is 0 Å². The number of ketones is 1. The van der Waals surface area contributed by atoms with Gasteiger partial charge in [0.2, 0.25) is 0 Å². The minimum absolute atomic E-state index is 0.0395. The average Bonchev–Trinajstić information content (AvgIpc) is 3.11. The first-order valence-electron chi connectivity index (χ1n) is 11.3. The highest BCUT2D eigenvalue weighted by atomic mass is 16.5. The molecular weight excluding hydrogens is 376 g/mol. The Bertz CT molecular complexity index is 915. The number of piperidine rings is 2. The molecule has 1 aliphatic carbocycles. The monoisotopic (exact) mass is 406 g/mol. The summed E-state index contributed by atoms with van der Waals surface area (Å²) in [6, 6.07) is 11.7. The van der Waals surface area contributed by atoms with Crippen LogP contribution in [-0.4, -0.2) is 55.2 Å². The molecule has 2 aliphatic heterocycles. The SMILES string of the molecule is O=C1c2cccc(OCN3CCCCC3)c2-c2cccc(OCN3CCCCC3)c21. The second-order valence-electron chi connectivity index (χ2n) is 8.59. The third-order valence-electron chi connectivity index (χ3n) is 6.50. The molecule has 5 rings (SSSR count). The number of rotatable bonds is 6. The molecule has 2 aromatic carbocycles. The van der Waals surface area contributed by atoms with E-state index < -0.39 is 0 Å². The lowest BCUT2D eigenvalue weighted by molar-refractivity contribution is 0.0986. The number of fused-ring (bicyclic) bond motifs is 3. The zero-order chi connectivity index (χ0) is 20.3. The fraction of sp³-hybridized carbons (Fsp3) is 0.480. The topological polar surface area (TPSA) is 42.0 Å². The fourth-order valence-corrected chi connectivity index (χ4v) is 4.85. The summed E-state index contributed by atoms with van der Waals surface area (Å²) >= 11 is 0. The van der Waals surface area contributed by atoms with Crippen molar-refractivity contribution >= 4 is 5.78 Å². The van der Waals surface area contributed by atoms with Crippen LogP contribution in [0.1, 0.15) is 54.4 Å². The molecule has 0 spiro atoms. The molecule has 5 nitrogen and oxygen atoms in total. The molecule has 2 fully saturated rings. The standard InChI is InChI=1S/C25H30N2O3/c28-25-20-10-8-11-21(29-17-26-13-3-1-4-14-26)23(20)19-9-7-12-22(24(19)25)30-18-27-15-5-2-6-16-27/h7-12H,1-6,13-18H2. The quantitative estimate of drug-likeness (QED) is 0.601. The van der Waals surface area contributed by atoms with E-state index in [1.165, 1.54) is 38.5 Å². The maximum atomic E-state index is 13.3. The molecule has 5 heteroatoms. The van der Waals surface area contributed by atoms with E-state index >= 15 is 0 Å². The van der Waals surface area contributed by atoms with E-state index in [4.69, 9.17) is 9.47 Å². The molecule has 3 aliphatic rings. The number of carbonyl (C=O) groups excluding carboxylic acids is 1. The predicted octanol–water partition coefficient (Wildman–Crippen LogP) is 4.54. The van der Waals surface area contributed by atoms with Gasteiger partial charge in [-0.15, -0.1) is 0 Å². The van der Waals surface area contributed by atoms with Crippen molar-refractivity contribution < 1.29 is 14.3 Å². The van der Waals surface area contributed by atoms with Crippen molar-refractivity contribution in [2.24, 2.45) is 0 Å². The Labute approximate surface area is 178 Å². The van der Waals surface area contributed by atoms with Crippen LogP contribution < -0.4 is 9.47 Å². The van der Waals surface area contributed by atoms with Crippen molar-refractivity contribution in [2.45, 2.75) is 38.5 Å². The number of hydrogen-bond donors (Lipinski definition) is 0. The van der Waals surface area contributed by atoms with Crippen molar-refractivity contribution in [1.29, 1.82) is 0 Å². The maximum Gasteiger partial charge on any atom is 0.198 e. The molecule has 2 saturated heterocycles. The van der Waals surface area contributed by atoms with Gasteiger partial charge in [-0.05, 0) is 37.8 Å². The first-order chi connectivity index (χ1) is 14.8. The molecule has 0 amide bonds. The number of benzene rings is 2. The van der Waals surface area contributed by atoms with Crippen LogP contribution in [-0.2, 0) is 0 Å². The molecule has 0 radical (unpaired) electrons. The lowest BCUT2D eigenvalue weighted by Gasteiger charge is -2.26. The largest absolute Gasteiger partial charge is 0.477 e. The first-order valence-corrected chi connectivity index (χ1v) is 11.3. The minimum Gasteiger partial charge on any atom is -0.477 e. The Hall–Kier alpha value is -2.37. The van der Waals surface area contributed by atoms with Crippen LogP contribution in [0.2, 0.25) is 0 Å². The number of nitrogens with zero attached hydrogens (tertiary/aromatic N) is 2. The van der Waals surface area contributed by atoms with Crippen LogP contribution in [0, 0.1) is 0 Å². The highest BCUT2D eigenvalue weighted by Gasteiger charge is 2.32. The third-order valence-corrected chi connectivity index (χ3v) is 6.50.